The van der Waals surface area contributed by atoms with Gasteiger partial charge in [0.25, 0.3) is 0 Å². The third-order valence-electron chi connectivity index (χ3n) is 2.75. The molecule has 0 aliphatic heterocycles. The summed E-state index contributed by atoms with van der Waals surface area (Å²) in [6.07, 6.45) is 1.68. The van der Waals surface area contributed by atoms with Gasteiger partial charge in [-0.05, 0) is 31.3 Å². The molecule has 0 radical (unpaired) electrons. The monoisotopic (exact) mass is 289 g/mol. The Morgan fingerprint density at radius 1 is 1.25 bits per heavy atom. The van der Waals surface area contributed by atoms with Crippen molar-refractivity contribution < 1.29 is 9.53 Å². The Kier molecular flexibility index (Phi) is 4.37. The van der Waals surface area contributed by atoms with Crippen LogP contribution in [0.5, 0.6) is 0 Å². The lowest BCUT2D eigenvalue weighted by molar-refractivity contribution is 0.0601. The maximum atomic E-state index is 11.7. The van der Waals surface area contributed by atoms with E-state index in [9.17, 15) is 4.79 Å². The highest BCUT2D eigenvalue weighted by atomic mass is 32.1. The first-order valence-electron chi connectivity index (χ1n) is 6.01. The van der Waals surface area contributed by atoms with Crippen molar-refractivity contribution in [2.24, 2.45) is 0 Å². The number of carbonyl (C=O) groups is 1. The van der Waals surface area contributed by atoms with Crippen LogP contribution in [0.15, 0.2) is 36.5 Å². The van der Waals surface area contributed by atoms with Crippen LogP contribution in [0.3, 0.4) is 0 Å². The Hall–Kier alpha value is -2.34. The third kappa shape index (κ3) is 3.16. The highest BCUT2D eigenvalue weighted by Crippen LogP contribution is 2.20. The molecule has 0 saturated heterocycles. The molecule has 0 bridgehead atoms. The number of nitrogens with one attached hydrogen (secondary N) is 3. The van der Waals surface area contributed by atoms with Crippen molar-refractivity contribution in [3.05, 3.63) is 47.8 Å². The number of thiocarbonyl (C=S) groups is 1. The Balaban J connectivity index is 2.11. The molecule has 104 valence electrons. The number of H-pyrrole nitrogens is 1. The van der Waals surface area contributed by atoms with E-state index in [2.05, 4.69) is 15.6 Å². The average molecular weight is 289 g/mol. The van der Waals surface area contributed by atoms with Crippen molar-refractivity contribution in [1.29, 1.82) is 0 Å². The molecule has 0 atom stereocenters. The lowest BCUT2D eigenvalue weighted by Gasteiger charge is -2.10. The number of aromatic amines is 1. The van der Waals surface area contributed by atoms with Gasteiger partial charge in [0.2, 0.25) is 0 Å². The number of benzene rings is 1. The second-order valence-corrected chi connectivity index (χ2v) is 4.55. The van der Waals surface area contributed by atoms with Crippen LogP contribution in [0.25, 0.3) is 0 Å². The minimum Gasteiger partial charge on any atom is -0.465 e. The second-order valence-electron chi connectivity index (χ2n) is 4.14. The number of rotatable bonds is 3. The van der Waals surface area contributed by atoms with Crippen LogP contribution in [0.1, 0.15) is 16.1 Å². The van der Waals surface area contributed by atoms with Gasteiger partial charge in [-0.1, -0.05) is 18.2 Å². The standard InChI is InChI=1S/C14H15N3O2S/c1-9-12(13(18)19-2)11(8-15-9)17-14(20)16-10-6-4-3-5-7-10/h3-8,15H,1-2H3,(H2,16,17,20). The van der Waals surface area contributed by atoms with E-state index in [1.54, 1.807) is 13.1 Å². The van der Waals surface area contributed by atoms with Crippen LogP contribution in [0, 0.1) is 6.92 Å². The summed E-state index contributed by atoms with van der Waals surface area (Å²) < 4.78 is 4.75. The first kappa shape index (κ1) is 14.1. The number of esters is 1. The summed E-state index contributed by atoms with van der Waals surface area (Å²) in [7, 11) is 1.35. The van der Waals surface area contributed by atoms with Gasteiger partial charge in [-0.25, -0.2) is 4.79 Å². The van der Waals surface area contributed by atoms with Crippen molar-refractivity contribution in [1.82, 2.24) is 4.98 Å². The number of hydrogen-bond acceptors (Lipinski definition) is 3. The molecule has 3 N–H and O–H groups in total. The minimum atomic E-state index is -0.409. The first-order valence-corrected chi connectivity index (χ1v) is 6.42. The van der Waals surface area contributed by atoms with E-state index in [-0.39, 0.29) is 0 Å². The number of anilines is 2. The van der Waals surface area contributed by atoms with Gasteiger partial charge >= 0.3 is 5.97 Å². The molecular formula is C14H15N3O2S. The van der Waals surface area contributed by atoms with Crippen LogP contribution in [0.4, 0.5) is 11.4 Å². The Bertz CT molecular complexity index is 623. The number of ether oxygens (including phenoxy) is 1. The first-order chi connectivity index (χ1) is 9.61. The zero-order valence-corrected chi connectivity index (χ0v) is 12.0. The topological polar surface area (TPSA) is 66.2 Å². The molecule has 0 unspecified atom stereocenters. The fourth-order valence-corrected chi connectivity index (χ4v) is 2.02. The molecule has 0 amide bonds. The number of carbonyl (C=O) groups excluding carboxylic acids is 1. The minimum absolute atomic E-state index is 0.403. The van der Waals surface area contributed by atoms with Gasteiger partial charge in [0, 0.05) is 17.6 Å². The number of para-hydroxylation sites is 1. The molecule has 6 heteroatoms. The van der Waals surface area contributed by atoms with E-state index >= 15 is 0 Å². The Labute approximate surface area is 122 Å². The SMILES string of the molecule is COC(=O)c1c(NC(=S)Nc2ccccc2)c[nH]c1C. The molecular weight excluding hydrogens is 274 g/mol. The molecule has 2 aromatic rings. The normalized spacial score (nSPS) is 9.90. The summed E-state index contributed by atoms with van der Waals surface area (Å²) in [6.45, 7) is 1.80. The van der Waals surface area contributed by atoms with Crippen LogP contribution in [-0.2, 0) is 4.74 Å². The number of aromatic nitrogens is 1. The van der Waals surface area contributed by atoms with Crippen molar-refractivity contribution in [2.45, 2.75) is 6.92 Å². The largest absolute Gasteiger partial charge is 0.465 e. The van der Waals surface area contributed by atoms with Gasteiger partial charge in [0.15, 0.2) is 5.11 Å². The number of aryl methyl sites for hydroxylation is 1. The highest BCUT2D eigenvalue weighted by molar-refractivity contribution is 7.80. The zero-order valence-electron chi connectivity index (χ0n) is 11.2. The van der Waals surface area contributed by atoms with Crippen LogP contribution >= 0.6 is 12.2 Å². The van der Waals surface area contributed by atoms with E-state index in [1.165, 1.54) is 7.11 Å². The van der Waals surface area contributed by atoms with E-state index < -0.39 is 5.97 Å². The second kappa shape index (κ2) is 6.21. The molecule has 1 aromatic carbocycles. The maximum Gasteiger partial charge on any atom is 0.341 e. The van der Waals surface area contributed by atoms with Gasteiger partial charge in [0.05, 0.1) is 12.8 Å². The predicted octanol–water partition coefficient (Wildman–Crippen LogP) is 2.92. The summed E-state index contributed by atoms with van der Waals surface area (Å²) in [5.74, 6) is -0.409. The Morgan fingerprint density at radius 3 is 2.60 bits per heavy atom. The van der Waals surface area contributed by atoms with Gasteiger partial charge in [-0.15, -0.1) is 0 Å². The summed E-state index contributed by atoms with van der Waals surface area (Å²) in [5.41, 5.74) is 2.63. The Morgan fingerprint density at radius 2 is 1.95 bits per heavy atom. The van der Waals surface area contributed by atoms with Crippen molar-refractivity contribution >= 4 is 34.7 Å². The van der Waals surface area contributed by atoms with Crippen molar-refractivity contribution in [3.63, 3.8) is 0 Å². The number of hydrogen-bond donors (Lipinski definition) is 3. The summed E-state index contributed by atoms with van der Waals surface area (Å²) in [5, 5.41) is 6.42. The highest BCUT2D eigenvalue weighted by Gasteiger charge is 2.17. The quantitative estimate of drug-likeness (QED) is 0.599. The molecule has 0 fully saturated rings. The fourth-order valence-electron chi connectivity index (χ4n) is 1.80. The average Bonchev–Trinajstić information content (AvgIpc) is 2.80. The summed E-state index contributed by atoms with van der Waals surface area (Å²) in [6, 6.07) is 9.54. The van der Waals surface area contributed by atoms with E-state index in [4.69, 9.17) is 17.0 Å². The van der Waals surface area contributed by atoms with Gasteiger partial charge < -0.3 is 20.4 Å². The molecule has 5 nitrogen and oxygen atoms in total. The molecule has 2 rings (SSSR count). The lowest BCUT2D eigenvalue weighted by atomic mass is 10.2. The summed E-state index contributed by atoms with van der Waals surface area (Å²) >= 11 is 5.22. The molecule has 0 spiro atoms. The van der Waals surface area contributed by atoms with Gasteiger partial charge in [-0.2, -0.15) is 0 Å². The van der Waals surface area contributed by atoms with E-state index in [0.717, 1.165) is 11.4 Å². The molecule has 1 heterocycles. The fraction of sp³-hybridized carbons (Fsp3) is 0.143. The predicted molar refractivity (Wildman–Crippen MR) is 83.2 cm³/mol. The van der Waals surface area contributed by atoms with Gasteiger partial charge in [-0.3, -0.25) is 0 Å². The molecule has 0 aliphatic rings. The molecule has 20 heavy (non-hydrogen) atoms. The van der Waals surface area contributed by atoms with Crippen LogP contribution in [0.2, 0.25) is 0 Å². The molecule has 0 aliphatic carbocycles. The van der Waals surface area contributed by atoms with Crippen LogP contribution in [-0.4, -0.2) is 23.2 Å². The van der Waals surface area contributed by atoms with Crippen LogP contribution < -0.4 is 10.6 Å². The van der Waals surface area contributed by atoms with E-state index in [0.29, 0.717) is 16.4 Å². The lowest BCUT2D eigenvalue weighted by Crippen LogP contribution is -2.20. The number of methoxy groups -OCH3 is 1. The smallest absolute Gasteiger partial charge is 0.341 e. The maximum absolute atomic E-state index is 11.7. The van der Waals surface area contributed by atoms with Crippen molar-refractivity contribution in [3.8, 4) is 0 Å². The van der Waals surface area contributed by atoms with Crippen molar-refractivity contribution in [2.75, 3.05) is 17.7 Å². The molecule has 0 saturated carbocycles. The zero-order chi connectivity index (χ0) is 14.5. The summed E-state index contributed by atoms with van der Waals surface area (Å²) in [4.78, 5) is 14.7. The molecule has 1 aromatic heterocycles. The van der Waals surface area contributed by atoms with Gasteiger partial charge in [0.1, 0.15) is 5.56 Å². The third-order valence-corrected chi connectivity index (χ3v) is 2.95. The van der Waals surface area contributed by atoms with E-state index in [1.807, 2.05) is 30.3 Å².